The maximum atomic E-state index is 13.0. The second kappa shape index (κ2) is 9.70. The Morgan fingerprint density at radius 3 is 2.50 bits per heavy atom. The molecule has 0 saturated carbocycles. The SMILES string of the molecule is CC1(I)CS[C@@H]2C(NC(=O)COc3ccccc3)C(=O)N2C1C(=O)OCc1ccccc1. The van der Waals surface area contributed by atoms with Crippen LogP contribution in [0.3, 0.4) is 0 Å². The molecule has 9 heteroatoms. The first-order chi connectivity index (χ1) is 15.4. The van der Waals surface area contributed by atoms with E-state index in [2.05, 4.69) is 27.9 Å². The highest BCUT2D eigenvalue weighted by atomic mass is 127. The molecule has 2 aliphatic rings. The number of amides is 2. The lowest BCUT2D eigenvalue weighted by molar-refractivity contribution is -0.167. The molecule has 0 aliphatic carbocycles. The molecular formula is C23H23IN2O5S. The van der Waals surface area contributed by atoms with Gasteiger partial charge in [-0.3, -0.25) is 9.59 Å². The highest BCUT2D eigenvalue weighted by molar-refractivity contribution is 14.1. The molecule has 2 heterocycles. The van der Waals surface area contributed by atoms with Crippen molar-refractivity contribution in [1.29, 1.82) is 0 Å². The van der Waals surface area contributed by atoms with Crippen LogP contribution < -0.4 is 10.1 Å². The first kappa shape index (κ1) is 22.9. The number of nitrogens with zero attached hydrogens (tertiary/aromatic N) is 1. The first-order valence-electron chi connectivity index (χ1n) is 10.2. The van der Waals surface area contributed by atoms with Gasteiger partial charge in [-0.05, 0) is 24.6 Å². The van der Waals surface area contributed by atoms with Crippen LogP contribution >= 0.6 is 34.4 Å². The van der Waals surface area contributed by atoms with Gasteiger partial charge in [-0.25, -0.2) is 4.79 Å². The number of carbonyl (C=O) groups is 3. The largest absolute Gasteiger partial charge is 0.484 e. The molecule has 2 aliphatic heterocycles. The number of rotatable bonds is 7. The van der Waals surface area contributed by atoms with Crippen molar-refractivity contribution in [1.82, 2.24) is 10.2 Å². The number of alkyl halides is 1. The van der Waals surface area contributed by atoms with Crippen molar-refractivity contribution in [3.63, 3.8) is 0 Å². The normalized spacial score (nSPS) is 26.5. The van der Waals surface area contributed by atoms with Crippen LogP contribution in [0, 0.1) is 0 Å². The Labute approximate surface area is 204 Å². The minimum atomic E-state index is -0.709. The molecule has 0 spiro atoms. The molecule has 1 N–H and O–H groups in total. The number of thioether (sulfide) groups is 1. The summed E-state index contributed by atoms with van der Waals surface area (Å²) >= 11 is 3.78. The highest BCUT2D eigenvalue weighted by Gasteiger charge is 2.61. The molecule has 0 radical (unpaired) electrons. The van der Waals surface area contributed by atoms with Crippen molar-refractivity contribution in [3.05, 3.63) is 66.2 Å². The van der Waals surface area contributed by atoms with E-state index in [1.165, 1.54) is 0 Å². The number of benzene rings is 2. The summed E-state index contributed by atoms with van der Waals surface area (Å²) in [7, 11) is 0. The van der Waals surface area contributed by atoms with E-state index in [1.54, 1.807) is 28.8 Å². The fourth-order valence-corrected chi connectivity index (χ4v) is 6.25. The first-order valence-corrected chi connectivity index (χ1v) is 12.3. The number of nitrogens with one attached hydrogen (secondary N) is 1. The second-order valence-electron chi connectivity index (χ2n) is 7.87. The average Bonchev–Trinajstić information content (AvgIpc) is 2.80. The Hall–Kier alpha value is -2.27. The summed E-state index contributed by atoms with van der Waals surface area (Å²) in [4.78, 5) is 39.8. The Kier molecular flexibility index (Phi) is 6.94. The van der Waals surface area contributed by atoms with Gasteiger partial charge in [0.2, 0.25) is 5.91 Å². The molecule has 4 rings (SSSR count). The molecule has 2 saturated heterocycles. The molecule has 2 fully saturated rings. The summed E-state index contributed by atoms with van der Waals surface area (Å²) in [6.45, 7) is 1.91. The van der Waals surface area contributed by atoms with Gasteiger partial charge in [0.25, 0.3) is 5.91 Å². The van der Waals surface area contributed by atoms with Crippen LogP contribution in [-0.2, 0) is 25.7 Å². The summed E-state index contributed by atoms with van der Waals surface area (Å²) in [5.41, 5.74) is 0.885. The molecule has 7 nitrogen and oxygen atoms in total. The third-order valence-corrected chi connectivity index (χ3v) is 8.44. The van der Waals surface area contributed by atoms with Gasteiger partial charge in [0.05, 0.1) is 3.42 Å². The number of β-lactam (4-membered cyclic amide) rings is 1. The number of esters is 1. The Morgan fingerprint density at radius 2 is 1.81 bits per heavy atom. The van der Waals surface area contributed by atoms with Crippen molar-refractivity contribution < 1.29 is 23.9 Å². The zero-order chi connectivity index (χ0) is 22.7. The molecule has 0 bridgehead atoms. The number of ether oxygens (including phenoxy) is 2. The van der Waals surface area contributed by atoms with Gasteiger partial charge < -0.3 is 19.7 Å². The van der Waals surface area contributed by atoms with Gasteiger partial charge >= 0.3 is 5.97 Å². The smallest absolute Gasteiger partial charge is 0.330 e. The predicted octanol–water partition coefficient (Wildman–Crippen LogP) is 2.77. The molecule has 4 atom stereocenters. The highest BCUT2D eigenvalue weighted by Crippen LogP contribution is 2.46. The number of fused-ring (bicyclic) bond motifs is 1. The average molecular weight is 566 g/mol. The minimum Gasteiger partial charge on any atom is -0.484 e. The molecule has 2 aromatic rings. The van der Waals surface area contributed by atoms with Gasteiger partial charge in [-0.2, -0.15) is 0 Å². The number of hydrogen-bond donors (Lipinski definition) is 1. The van der Waals surface area contributed by atoms with Gasteiger partial charge in [-0.15, -0.1) is 11.8 Å². The van der Waals surface area contributed by atoms with E-state index in [-0.39, 0.29) is 30.4 Å². The molecular weight excluding hydrogens is 543 g/mol. The Bertz CT molecular complexity index is 988. The lowest BCUT2D eigenvalue weighted by Gasteiger charge is -2.56. The van der Waals surface area contributed by atoms with Crippen LogP contribution in [0.25, 0.3) is 0 Å². The predicted molar refractivity (Wildman–Crippen MR) is 129 cm³/mol. The lowest BCUT2D eigenvalue weighted by Crippen LogP contribution is -2.78. The fraction of sp³-hybridized carbons (Fsp3) is 0.348. The quantitative estimate of drug-likeness (QED) is 0.240. The maximum Gasteiger partial charge on any atom is 0.330 e. The van der Waals surface area contributed by atoms with Crippen LogP contribution in [0.5, 0.6) is 5.75 Å². The number of hydrogen-bond acceptors (Lipinski definition) is 6. The van der Waals surface area contributed by atoms with Gasteiger partial charge in [-0.1, -0.05) is 71.1 Å². The van der Waals surface area contributed by atoms with Crippen LogP contribution in [0.1, 0.15) is 12.5 Å². The molecule has 3 unspecified atom stereocenters. The molecule has 0 aromatic heterocycles. The van der Waals surface area contributed by atoms with Gasteiger partial charge in [0.15, 0.2) is 6.61 Å². The number of para-hydroxylation sites is 1. The number of carbonyl (C=O) groups excluding carboxylic acids is 3. The standard InChI is InChI=1S/C23H23IN2O5S/c1-23(24)14-32-21-18(25-17(27)13-30-16-10-6-3-7-11-16)20(28)26(21)19(23)22(29)31-12-15-8-4-2-5-9-15/h2-11,18-19,21H,12-14H2,1H3,(H,25,27)/t18?,19?,21-,23?/m1/s1. The van der Waals surface area contributed by atoms with Crippen LogP contribution in [-0.4, -0.2) is 55.9 Å². The van der Waals surface area contributed by atoms with Crippen LogP contribution in [0.2, 0.25) is 0 Å². The second-order valence-corrected chi connectivity index (χ2v) is 11.4. The van der Waals surface area contributed by atoms with Crippen LogP contribution in [0.15, 0.2) is 60.7 Å². The molecule has 2 aromatic carbocycles. The van der Waals surface area contributed by atoms with Crippen molar-refractivity contribution >= 4 is 52.1 Å². The molecule has 168 valence electrons. The lowest BCUT2D eigenvalue weighted by atomic mass is 9.94. The topological polar surface area (TPSA) is 84.9 Å². The summed E-state index contributed by atoms with van der Waals surface area (Å²) in [6.07, 6.45) is 0. The zero-order valence-corrected chi connectivity index (χ0v) is 20.4. The summed E-state index contributed by atoms with van der Waals surface area (Å²) in [5, 5.41) is 2.44. The van der Waals surface area contributed by atoms with E-state index in [1.807, 2.05) is 55.5 Å². The van der Waals surface area contributed by atoms with E-state index in [9.17, 15) is 14.4 Å². The Balaban J connectivity index is 1.36. The fourth-order valence-electron chi connectivity index (χ4n) is 3.74. The van der Waals surface area contributed by atoms with Crippen molar-refractivity contribution in [2.45, 2.75) is 34.4 Å². The monoisotopic (exact) mass is 566 g/mol. The van der Waals surface area contributed by atoms with Gasteiger partial charge in [0, 0.05) is 5.75 Å². The minimum absolute atomic E-state index is 0.153. The van der Waals surface area contributed by atoms with E-state index >= 15 is 0 Å². The van der Waals surface area contributed by atoms with Crippen LogP contribution in [0.4, 0.5) is 0 Å². The van der Waals surface area contributed by atoms with E-state index in [4.69, 9.17) is 9.47 Å². The van der Waals surface area contributed by atoms with Crippen molar-refractivity contribution in [2.75, 3.05) is 12.4 Å². The van der Waals surface area contributed by atoms with E-state index in [0.717, 1.165) is 5.56 Å². The third kappa shape index (κ3) is 4.88. The van der Waals surface area contributed by atoms with E-state index in [0.29, 0.717) is 11.5 Å². The third-order valence-electron chi connectivity index (χ3n) is 5.34. The van der Waals surface area contributed by atoms with Crippen molar-refractivity contribution in [3.8, 4) is 5.75 Å². The Morgan fingerprint density at radius 1 is 1.16 bits per heavy atom. The molecule has 32 heavy (non-hydrogen) atoms. The summed E-state index contributed by atoms with van der Waals surface area (Å²) in [5.74, 6) is 0.151. The number of halogens is 1. The van der Waals surface area contributed by atoms with Crippen molar-refractivity contribution in [2.24, 2.45) is 0 Å². The van der Waals surface area contributed by atoms with Gasteiger partial charge in [0.1, 0.15) is 29.8 Å². The summed E-state index contributed by atoms with van der Waals surface area (Å²) < 4.78 is 10.5. The zero-order valence-electron chi connectivity index (χ0n) is 17.4. The molecule has 2 amide bonds. The van der Waals surface area contributed by atoms with E-state index < -0.39 is 21.5 Å². The summed E-state index contributed by atoms with van der Waals surface area (Å²) in [6, 6.07) is 17.0. The maximum absolute atomic E-state index is 13.0.